The highest BCUT2D eigenvalue weighted by molar-refractivity contribution is 6.34. The van der Waals surface area contributed by atoms with Gasteiger partial charge in [0.15, 0.2) is 0 Å². The van der Waals surface area contributed by atoms with Crippen molar-refractivity contribution < 1.29 is 14.9 Å². The number of aryl methyl sites for hydroxylation is 10. The van der Waals surface area contributed by atoms with Crippen molar-refractivity contribution in [3.63, 3.8) is 0 Å². The van der Waals surface area contributed by atoms with Crippen LogP contribution in [0.3, 0.4) is 0 Å². The van der Waals surface area contributed by atoms with Crippen molar-refractivity contribution in [2.45, 2.75) is 95.8 Å². The Morgan fingerprint density at radius 2 is 1.03 bits per heavy atom. The van der Waals surface area contributed by atoms with E-state index in [0.717, 1.165) is 56.3 Å². The lowest BCUT2D eigenvalue weighted by atomic mass is 10.1. The summed E-state index contributed by atoms with van der Waals surface area (Å²) in [6.07, 6.45) is 0. The number of hydrogen-bond donors (Lipinski definition) is 3. The molecule has 1 saturated heterocycles. The Bertz CT molecular complexity index is 2080. The lowest BCUT2D eigenvalue weighted by molar-refractivity contribution is 0.0342. The molecule has 4 N–H and O–H groups in total. The minimum atomic E-state index is 0.131. The van der Waals surface area contributed by atoms with Crippen LogP contribution in [0.2, 0.25) is 10.0 Å². The molecule has 1 aliphatic rings. The normalized spacial score (nSPS) is 11.8. The second-order valence-electron chi connectivity index (χ2n) is 17.2. The van der Waals surface area contributed by atoms with Crippen molar-refractivity contribution in [1.29, 1.82) is 0 Å². The van der Waals surface area contributed by atoms with Crippen molar-refractivity contribution in [1.82, 2.24) is 14.8 Å². The van der Waals surface area contributed by atoms with Gasteiger partial charge in [0.25, 0.3) is 0 Å². The average molecular weight is 938 g/mol. The van der Waals surface area contributed by atoms with E-state index in [1.54, 1.807) is 6.07 Å². The Labute approximate surface area is 408 Å². The molecule has 1 fully saturated rings. The van der Waals surface area contributed by atoms with Crippen LogP contribution in [-0.4, -0.2) is 77.6 Å². The Balaban J connectivity index is 0.000000277. The van der Waals surface area contributed by atoms with E-state index in [-0.39, 0.29) is 13.2 Å². The zero-order valence-corrected chi connectivity index (χ0v) is 43.2. The molecule has 2 heterocycles. The van der Waals surface area contributed by atoms with Crippen LogP contribution < -0.4 is 5.73 Å². The van der Waals surface area contributed by atoms with Crippen LogP contribution in [0.15, 0.2) is 115 Å². The summed E-state index contributed by atoms with van der Waals surface area (Å²) in [5, 5.41) is 19.1. The number of nitrogens with two attached hydrogens (primary N) is 1. The molecule has 6 aromatic rings. The van der Waals surface area contributed by atoms with Gasteiger partial charge in [0, 0.05) is 67.2 Å². The Morgan fingerprint density at radius 1 is 0.545 bits per heavy atom. The van der Waals surface area contributed by atoms with Crippen molar-refractivity contribution in [3.8, 4) is 0 Å². The molecule has 0 bridgehead atoms. The van der Waals surface area contributed by atoms with Crippen molar-refractivity contribution >= 4 is 23.2 Å². The zero-order chi connectivity index (χ0) is 49.0. The van der Waals surface area contributed by atoms with Gasteiger partial charge in [-0.2, -0.15) is 0 Å². The molecule has 5 aromatic carbocycles. The van der Waals surface area contributed by atoms with E-state index >= 15 is 0 Å². The fourth-order valence-electron chi connectivity index (χ4n) is 7.16. The molecule has 9 heteroatoms. The number of aliphatic hydroxyl groups is 2. The maximum absolute atomic E-state index is 8.87. The first-order chi connectivity index (χ1) is 31.4. The number of morpholine rings is 1. The van der Waals surface area contributed by atoms with Gasteiger partial charge in [-0.15, -0.1) is 0 Å². The fraction of sp³-hybridized carbons (Fsp3) is 0.386. The van der Waals surface area contributed by atoms with E-state index < -0.39 is 0 Å². The smallest absolute Gasteiger partial charge is 0.0594 e. The number of nitrogens with zero attached hydrogens (tertiary/aromatic N) is 3. The summed E-state index contributed by atoms with van der Waals surface area (Å²) in [5.74, 6) is 0. The van der Waals surface area contributed by atoms with Gasteiger partial charge >= 0.3 is 0 Å². The first-order valence-electron chi connectivity index (χ1n) is 22.9. The number of ether oxygens (including phenoxy) is 1. The summed E-state index contributed by atoms with van der Waals surface area (Å²) in [5.41, 5.74) is 23.3. The second-order valence-corrected chi connectivity index (χ2v) is 18.1. The molecule has 0 spiro atoms. The lowest BCUT2D eigenvalue weighted by Crippen LogP contribution is -2.35. The van der Waals surface area contributed by atoms with E-state index in [9.17, 15) is 0 Å². The largest absolute Gasteiger partial charge is 0.395 e. The molecule has 358 valence electrons. The minimum Gasteiger partial charge on any atom is -0.395 e. The molecule has 0 aliphatic carbocycles. The van der Waals surface area contributed by atoms with Crippen molar-refractivity contribution in [3.05, 3.63) is 203 Å². The highest BCUT2D eigenvalue weighted by atomic mass is 35.5. The summed E-state index contributed by atoms with van der Waals surface area (Å²) in [6.45, 7) is 30.8. The fourth-order valence-corrected chi connectivity index (χ4v) is 7.79. The predicted octanol–water partition coefficient (Wildman–Crippen LogP) is 12.3. The molecule has 1 aliphatic heterocycles. The van der Waals surface area contributed by atoms with Crippen molar-refractivity contribution in [2.24, 2.45) is 5.73 Å². The summed E-state index contributed by atoms with van der Waals surface area (Å²) in [6, 6.07) is 39.3. The van der Waals surface area contributed by atoms with Crippen LogP contribution >= 0.6 is 23.2 Å². The highest BCUT2D eigenvalue weighted by Crippen LogP contribution is 2.18. The molecule has 7 rings (SSSR count). The average Bonchev–Trinajstić information content (AvgIpc) is 3.24. The van der Waals surface area contributed by atoms with E-state index in [2.05, 4.69) is 156 Å². The van der Waals surface area contributed by atoms with Crippen LogP contribution in [-0.2, 0) is 24.4 Å². The lowest BCUT2D eigenvalue weighted by Gasteiger charge is -2.26. The Hall–Kier alpha value is -4.41. The van der Waals surface area contributed by atoms with E-state index in [4.69, 9.17) is 43.9 Å². The number of aliphatic hydroxyl groups excluding tert-OH is 2. The van der Waals surface area contributed by atoms with E-state index in [1.807, 2.05) is 43.9 Å². The molecule has 0 unspecified atom stereocenters. The van der Waals surface area contributed by atoms with Crippen LogP contribution in [0.4, 0.5) is 0 Å². The monoisotopic (exact) mass is 937 g/mol. The van der Waals surface area contributed by atoms with Gasteiger partial charge in [-0.25, -0.2) is 0 Å². The van der Waals surface area contributed by atoms with Crippen LogP contribution in [0.1, 0.15) is 78.1 Å². The molecule has 1 aromatic heterocycles. The number of benzene rings is 5. The van der Waals surface area contributed by atoms with Gasteiger partial charge in [0.05, 0.1) is 26.4 Å². The summed E-state index contributed by atoms with van der Waals surface area (Å²) >= 11 is 11.3. The van der Waals surface area contributed by atoms with Gasteiger partial charge in [-0.05, 0) is 151 Å². The number of rotatable bonds is 9. The maximum Gasteiger partial charge on any atom is 0.0594 e. The number of halogens is 2. The molecule has 0 amide bonds. The molecular weight excluding hydrogens is 860 g/mol. The molecule has 7 nitrogen and oxygen atoms in total. The molecule has 0 saturated carbocycles. The van der Waals surface area contributed by atoms with Crippen LogP contribution in [0.5, 0.6) is 0 Å². The second kappa shape index (κ2) is 32.3. The van der Waals surface area contributed by atoms with E-state index in [0.29, 0.717) is 29.7 Å². The van der Waals surface area contributed by atoms with Crippen molar-refractivity contribution in [2.75, 3.05) is 52.6 Å². The first-order valence-corrected chi connectivity index (χ1v) is 23.7. The summed E-state index contributed by atoms with van der Waals surface area (Å²) in [7, 11) is 0. The molecule has 0 atom stereocenters. The van der Waals surface area contributed by atoms with Gasteiger partial charge in [0.2, 0.25) is 0 Å². The third kappa shape index (κ3) is 25.5. The van der Waals surface area contributed by atoms with E-state index in [1.165, 1.54) is 61.2 Å². The minimum absolute atomic E-state index is 0.131. The Kier molecular flexibility index (Phi) is 28.3. The maximum atomic E-state index is 8.87. The predicted molar refractivity (Wildman–Crippen MR) is 282 cm³/mol. The van der Waals surface area contributed by atoms with Crippen LogP contribution in [0, 0.1) is 76.2 Å². The SMILES string of the molecule is Cc1cc(C)cc(CN2CCOCC2)c1.Cc1cc(C)nc(C)c1.Cc1cc(Cl)cc(Cl)c1.Cc1ccc(CN)cc1.Cc1cccc(C)c1C.Cc1cccc(CN(CCO)CCO)c1. The number of aromatic nitrogens is 1. The first kappa shape index (κ1) is 57.7. The molecular formula is C57H78Cl2N4O3. The standard InChI is InChI=1S/C13H19NO.C12H19NO2.C9H12.2C8H11N.C7H6Cl2/c1-11-7-12(2)9-13(8-11)10-14-3-5-15-6-4-14;1-11-3-2-4-12(9-11)10-13(5-7-14)6-8-15;1-7-5-4-6-8(2)9(7)3;1-6-4-7(2)9-8(3)5-6;1-7-2-4-8(6-9)5-3-7;1-5-2-6(8)4-7(9)3-5/h7-9H,3-6,10H2,1-2H3;2-4,9,14-15H,5-8,10H2,1H3;4-6H,1-3H3;4-5H,1-3H3;2-5H,6,9H2,1H3;2-4H,1H3. The molecule has 0 radical (unpaired) electrons. The number of pyridine rings is 1. The topological polar surface area (TPSA) is 95.1 Å². The zero-order valence-electron chi connectivity index (χ0n) is 41.7. The third-order valence-electron chi connectivity index (χ3n) is 10.6. The van der Waals surface area contributed by atoms with Gasteiger partial charge in [-0.3, -0.25) is 14.8 Å². The molecule has 66 heavy (non-hydrogen) atoms. The van der Waals surface area contributed by atoms with Gasteiger partial charge in [0.1, 0.15) is 0 Å². The Morgan fingerprint density at radius 3 is 1.48 bits per heavy atom. The van der Waals surface area contributed by atoms with Crippen LogP contribution in [0.25, 0.3) is 0 Å². The van der Waals surface area contributed by atoms with Gasteiger partial charge in [-0.1, -0.05) is 130 Å². The third-order valence-corrected chi connectivity index (χ3v) is 11.0. The van der Waals surface area contributed by atoms with Gasteiger partial charge < -0.3 is 20.7 Å². The highest BCUT2D eigenvalue weighted by Gasteiger charge is 2.11. The summed E-state index contributed by atoms with van der Waals surface area (Å²) < 4.78 is 5.34. The quantitative estimate of drug-likeness (QED) is 0.133. The number of hydrogen-bond acceptors (Lipinski definition) is 7. The summed E-state index contributed by atoms with van der Waals surface area (Å²) in [4.78, 5) is 8.73.